The van der Waals surface area contributed by atoms with Crippen molar-refractivity contribution in [2.45, 2.75) is 45.1 Å². The van der Waals surface area contributed by atoms with Crippen molar-refractivity contribution < 1.29 is 13.2 Å². The third kappa shape index (κ3) is 6.21. The van der Waals surface area contributed by atoms with Gasteiger partial charge in [-0.25, -0.2) is 28.8 Å². The summed E-state index contributed by atoms with van der Waals surface area (Å²) in [6.45, 7) is 9.79. The van der Waals surface area contributed by atoms with Gasteiger partial charge in [0.05, 0.1) is 29.3 Å². The first kappa shape index (κ1) is 28.5. The van der Waals surface area contributed by atoms with E-state index in [1.165, 1.54) is 34.2 Å². The van der Waals surface area contributed by atoms with Crippen LogP contribution in [0.25, 0.3) is 16.9 Å². The molecule has 0 radical (unpaired) electrons. The molecule has 4 N–H and O–H groups in total. The zero-order valence-electron chi connectivity index (χ0n) is 22.6. The van der Waals surface area contributed by atoms with Gasteiger partial charge in [-0.2, -0.15) is 0 Å². The first-order valence-electron chi connectivity index (χ1n) is 12.7. The van der Waals surface area contributed by atoms with E-state index in [1.54, 1.807) is 37.3 Å². The number of aromatic amines is 1. The smallest absolute Gasteiger partial charge is 0.277 e. The highest BCUT2D eigenvalue weighted by molar-refractivity contribution is 7.92. The average molecular weight is 565 g/mol. The summed E-state index contributed by atoms with van der Waals surface area (Å²) in [6, 6.07) is 11.2. The summed E-state index contributed by atoms with van der Waals surface area (Å²) in [5.41, 5.74) is 2.10. The van der Waals surface area contributed by atoms with Crippen LogP contribution in [0.5, 0.6) is 5.75 Å². The number of aromatic nitrogens is 4. The molecule has 0 spiro atoms. The fourth-order valence-electron chi connectivity index (χ4n) is 4.16. The minimum absolute atomic E-state index is 0.0258. The van der Waals surface area contributed by atoms with Gasteiger partial charge in [0, 0.05) is 18.3 Å². The molecule has 0 aliphatic carbocycles. The average Bonchev–Trinajstić information content (AvgIpc) is 3.24. The number of hydrazine groups is 1. The second-order valence-electron chi connectivity index (χ2n) is 8.94. The molecule has 4 aromatic rings. The number of hydrogen-bond donors (Lipinski definition) is 3. The lowest BCUT2D eigenvalue weighted by Gasteiger charge is -2.14. The largest absolute Gasteiger partial charge is 0.493 e. The number of nitrogens with one attached hydrogen (secondary N) is 2. The van der Waals surface area contributed by atoms with E-state index in [0.717, 1.165) is 12.0 Å². The molecule has 0 bridgehead atoms. The summed E-state index contributed by atoms with van der Waals surface area (Å²) >= 11 is 0. The highest BCUT2D eigenvalue weighted by atomic mass is 32.2. The molecule has 0 aliphatic rings. The van der Waals surface area contributed by atoms with Crippen LogP contribution in [-0.2, 0) is 23.0 Å². The van der Waals surface area contributed by atoms with Crippen LogP contribution in [0, 0.1) is 6.92 Å². The molecule has 0 fully saturated rings. The van der Waals surface area contributed by atoms with Gasteiger partial charge in [-0.3, -0.25) is 14.5 Å². The molecule has 2 aromatic carbocycles. The third-order valence-corrected chi connectivity index (χ3v) is 7.30. The Bertz CT molecular complexity index is 1710. The Kier molecular flexibility index (Phi) is 8.65. The van der Waals surface area contributed by atoms with E-state index in [4.69, 9.17) is 10.6 Å². The van der Waals surface area contributed by atoms with Crippen LogP contribution in [-0.4, -0.2) is 46.0 Å². The van der Waals surface area contributed by atoms with Gasteiger partial charge in [0.15, 0.2) is 11.3 Å². The number of aryl methyl sites for hydroxylation is 2. The van der Waals surface area contributed by atoms with Gasteiger partial charge in [-0.15, -0.1) is 5.10 Å². The molecule has 4 rings (SSSR count). The summed E-state index contributed by atoms with van der Waals surface area (Å²) < 4.78 is 36.5. The number of ether oxygens (including phenoxy) is 1. The Hall–Kier alpha value is -4.49. The summed E-state index contributed by atoms with van der Waals surface area (Å²) in [4.78, 5) is 24.1. The Labute approximate surface area is 232 Å². The van der Waals surface area contributed by atoms with Crippen LogP contribution in [0.15, 0.2) is 69.9 Å². The summed E-state index contributed by atoms with van der Waals surface area (Å²) in [5, 5.41) is 6.01. The zero-order valence-corrected chi connectivity index (χ0v) is 23.4. The Morgan fingerprint density at radius 1 is 1.23 bits per heavy atom. The molecule has 2 aromatic heterocycles. The number of benzene rings is 2. The standard InChI is InChI=1S/C27H32N8O4S/c1-5-8-24-30-18(4)25-27(36)31-26(32-35(24)25)22-15-21(13-14-23(22)39-7-3)40(37,38)33-20-11-9-19(10-12-20)16-34(28)17-29-6-2/h6,9-15,17,33H,2,5,7-8,16,28H2,1,3-4H3,(H,31,32,36)/b29-17-. The van der Waals surface area contributed by atoms with E-state index in [-0.39, 0.29) is 16.3 Å². The quantitative estimate of drug-likeness (QED) is 0.102. The van der Waals surface area contributed by atoms with Gasteiger partial charge >= 0.3 is 0 Å². The van der Waals surface area contributed by atoms with Gasteiger partial charge in [-0.05, 0) is 56.2 Å². The molecular formula is C27H32N8O4S. The predicted octanol–water partition coefficient (Wildman–Crippen LogP) is 3.39. The van der Waals surface area contributed by atoms with Crippen LogP contribution >= 0.6 is 0 Å². The van der Waals surface area contributed by atoms with Crippen LogP contribution in [0.1, 0.15) is 37.4 Å². The van der Waals surface area contributed by atoms with Crippen molar-refractivity contribution in [2.75, 3.05) is 11.3 Å². The first-order chi connectivity index (χ1) is 19.2. The summed E-state index contributed by atoms with van der Waals surface area (Å²) in [6.07, 6.45) is 4.26. The maximum Gasteiger partial charge on any atom is 0.277 e. The molecular weight excluding hydrogens is 532 g/mol. The topological polar surface area (TPSA) is 160 Å². The Balaban J connectivity index is 1.68. The second kappa shape index (κ2) is 12.1. The van der Waals surface area contributed by atoms with E-state index in [0.29, 0.717) is 53.6 Å². The number of fused-ring (bicyclic) bond motifs is 1. The van der Waals surface area contributed by atoms with Gasteiger partial charge in [0.25, 0.3) is 15.6 Å². The lowest BCUT2D eigenvalue weighted by Crippen LogP contribution is -2.28. The number of nitrogens with zero attached hydrogens (tertiary/aromatic N) is 5. The molecule has 0 amide bonds. The minimum atomic E-state index is -4.00. The predicted molar refractivity (Wildman–Crippen MR) is 155 cm³/mol. The maximum absolute atomic E-state index is 13.3. The molecule has 0 saturated heterocycles. The van der Waals surface area contributed by atoms with Crippen LogP contribution in [0.2, 0.25) is 0 Å². The number of rotatable bonds is 12. The minimum Gasteiger partial charge on any atom is -0.493 e. The van der Waals surface area contributed by atoms with Crippen LogP contribution < -0.4 is 20.9 Å². The first-order valence-corrected chi connectivity index (χ1v) is 14.2. The highest BCUT2D eigenvalue weighted by Crippen LogP contribution is 2.31. The molecule has 13 heteroatoms. The molecule has 0 unspecified atom stereocenters. The molecule has 2 heterocycles. The number of H-pyrrole nitrogens is 1. The highest BCUT2D eigenvalue weighted by Gasteiger charge is 2.21. The summed E-state index contributed by atoms with van der Waals surface area (Å²) in [5.74, 6) is 7.06. The fraction of sp³-hybridized carbons (Fsp3) is 0.259. The van der Waals surface area contributed by atoms with Crippen molar-refractivity contribution in [3.05, 3.63) is 82.7 Å². The molecule has 0 atom stereocenters. The number of imidazole rings is 1. The van der Waals surface area contributed by atoms with Crippen LogP contribution in [0.3, 0.4) is 0 Å². The number of sulfonamides is 1. The van der Waals surface area contributed by atoms with E-state index >= 15 is 0 Å². The van der Waals surface area contributed by atoms with Crippen molar-refractivity contribution >= 4 is 27.6 Å². The molecule has 0 saturated carbocycles. The molecule has 12 nitrogen and oxygen atoms in total. The van der Waals surface area contributed by atoms with E-state index < -0.39 is 10.0 Å². The van der Waals surface area contributed by atoms with Gasteiger partial charge in [0.2, 0.25) is 0 Å². The number of nitrogens with two attached hydrogens (primary N) is 1. The fourth-order valence-corrected chi connectivity index (χ4v) is 5.25. The van der Waals surface area contributed by atoms with Crippen molar-refractivity contribution in [1.82, 2.24) is 24.6 Å². The Morgan fingerprint density at radius 2 is 1.98 bits per heavy atom. The third-order valence-electron chi connectivity index (χ3n) is 5.92. The van der Waals surface area contributed by atoms with Crippen molar-refractivity contribution in [3.63, 3.8) is 0 Å². The molecule has 0 aliphatic heterocycles. The summed E-state index contributed by atoms with van der Waals surface area (Å²) in [7, 11) is -4.00. The van der Waals surface area contributed by atoms with Crippen molar-refractivity contribution in [2.24, 2.45) is 10.8 Å². The Morgan fingerprint density at radius 3 is 2.65 bits per heavy atom. The van der Waals surface area contributed by atoms with E-state index in [9.17, 15) is 13.2 Å². The van der Waals surface area contributed by atoms with E-state index in [1.807, 2.05) is 13.8 Å². The van der Waals surface area contributed by atoms with E-state index in [2.05, 4.69) is 31.4 Å². The molecule has 40 heavy (non-hydrogen) atoms. The lowest BCUT2D eigenvalue weighted by atomic mass is 10.2. The normalized spacial score (nSPS) is 11.7. The van der Waals surface area contributed by atoms with Gasteiger partial charge in [-0.1, -0.05) is 25.6 Å². The van der Waals surface area contributed by atoms with Crippen molar-refractivity contribution in [3.8, 4) is 17.1 Å². The molecule has 210 valence electrons. The monoisotopic (exact) mass is 564 g/mol. The number of aliphatic imine (C=N–C) groups is 1. The van der Waals surface area contributed by atoms with Crippen LogP contribution in [0.4, 0.5) is 5.69 Å². The second-order valence-corrected chi connectivity index (χ2v) is 10.6. The number of anilines is 1. The SMILES string of the molecule is C=C/N=C\N(N)Cc1ccc(NS(=O)(=O)c2ccc(OCC)c(-c3nn4c(CCC)nc(C)c4c(=O)[nH]3)c2)cc1. The number of hydrogen-bond acceptors (Lipinski definition) is 8. The maximum atomic E-state index is 13.3. The lowest BCUT2D eigenvalue weighted by molar-refractivity contribution is 0.341. The zero-order chi connectivity index (χ0) is 28.9. The van der Waals surface area contributed by atoms with Crippen molar-refractivity contribution in [1.29, 1.82) is 0 Å². The van der Waals surface area contributed by atoms with Gasteiger partial charge < -0.3 is 9.72 Å². The van der Waals surface area contributed by atoms with Gasteiger partial charge in [0.1, 0.15) is 17.9 Å².